The number of rotatable bonds is 7. The van der Waals surface area contributed by atoms with Gasteiger partial charge in [0, 0.05) is 53.0 Å². The number of carbonyl (C=O) groups is 1. The first-order chi connectivity index (χ1) is 9.12. The van der Waals surface area contributed by atoms with E-state index in [9.17, 15) is 4.79 Å². The highest BCUT2D eigenvalue weighted by molar-refractivity contribution is 5.76. The van der Waals surface area contributed by atoms with Crippen LogP contribution in [-0.4, -0.2) is 81.4 Å². The van der Waals surface area contributed by atoms with Gasteiger partial charge in [0.05, 0.1) is 19.1 Å². The van der Waals surface area contributed by atoms with Crippen molar-refractivity contribution >= 4 is 5.91 Å². The fourth-order valence-corrected chi connectivity index (χ4v) is 2.35. The van der Waals surface area contributed by atoms with Crippen LogP contribution in [-0.2, 0) is 14.3 Å². The molecule has 0 bridgehead atoms. The maximum absolute atomic E-state index is 12.1. The predicted molar refractivity (Wildman–Crippen MR) is 74.0 cm³/mol. The monoisotopic (exact) mass is 273 g/mol. The third-order valence-electron chi connectivity index (χ3n) is 3.70. The molecule has 0 spiro atoms. The molecule has 0 aromatic heterocycles. The quantitative estimate of drug-likeness (QED) is 0.679. The molecule has 6 heteroatoms. The molecule has 19 heavy (non-hydrogen) atoms. The summed E-state index contributed by atoms with van der Waals surface area (Å²) in [6.07, 6.45) is 0.201. The van der Waals surface area contributed by atoms with Crippen LogP contribution in [0, 0.1) is 0 Å². The fraction of sp³-hybridized carbons (Fsp3) is 0.923. The Labute approximate surface area is 115 Å². The molecule has 0 aromatic rings. The number of nitrogens with two attached hydrogens (primary N) is 1. The van der Waals surface area contributed by atoms with E-state index in [4.69, 9.17) is 15.2 Å². The smallest absolute Gasteiger partial charge is 0.225 e. The highest BCUT2D eigenvalue weighted by Crippen LogP contribution is 2.11. The Balaban J connectivity index is 2.40. The van der Waals surface area contributed by atoms with E-state index in [0.29, 0.717) is 19.0 Å². The molecule has 1 fully saturated rings. The molecule has 0 saturated carbocycles. The number of amides is 1. The summed E-state index contributed by atoms with van der Waals surface area (Å²) in [6.45, 7) is 6.62. The number of nitrogens with zero attached hydrogens (tertiary/aromatic N) is 2. The number of hydrogen-bond donors (Lipinski definition) is 1. The minimum absolute atomic E-state index is 0.135. The van der Waals surface area contributed by atoms with Crippen molar-refractivity contribution in [3.05, 3.63) is 0 Å². The lowest BCUT2D eigenvalue weighted by atomic mass is 10.1. The van der Waals surface area contributed by atoms with Crippen molar-refractivity contribution in [2.24, 2.45) is 5.73 Å². The molecule has 2 unspecified atom stereocenters. The van der Waals surface area contributed by atoms with Gasteiger partial charge in [-0.05, 0) is 6.92 Å². The van der Waals surface area contributed by atoms with Crippen molar-refractivity contribution in [2.45, 2.75) is 25.5 Å². The maximum atomic E-state index is 12.1. The molecule has 1 amide bonds. The van der Waals surface area contributed by atoms with Gasteiger partial charge in [0.15, 0.2) is 0 Å². The van der Waals surface area contributed by atoms with Gasteiger partial charge in [0.2, 0.25) is 5.91 Å². The third kappa shape index (κ3) is 5.06. The van der Waals surface area contributed by atoms with Gasteiger partial charge in [-0.1, -0.05) is 0 Å². The fourth-order valence-electron chi connectivity index (χ4n) is 2.35. The number of hydrogen-bond acceptors (Lipinski definition) is 5. The van der Waals surface area contributed by atoms with Crippen molar-refractivity contribution in [1.29, 1.82) is 0 Å². The summed E-state index contributed by atoms with van der Waals surface area (Å²) in [4.78, 5) is 16.4. The van der Waals surface area contributed by atoms with Gasteiger partial charge < -0.3 is 20.1 Å². The summed E-state index contributed by atoms with van der Waals surface area (Å²) in [5.41, 5.74) is 5.55. The zero-order valence-corrected chi connectivity index (χ0v) is 12.3. The molecule has 0 aromatic carbocycles. The number of piperazine rings is 1. The van der Waals surface area contributed by atoms with E-state index in [2.05, 4.69) is 11.8 Å². The van der Waals surface area contributed by atoms with E-state index in [0.717, 1.165) is 32.8 Å². The second-order valence-corrected chi connectivity index (χ2v) is 5.02. The average Bonchev–Trinajstić information content (AvgIpc) is 2.43. The number of ether oxygens (including phenoxy) is 2. The maximum Gasteiger partial charge on any atom is 0.225 e. The standard InChI is InChI=1S/C13H27N3O3/c1-11-10-16(5-4-15(11)6-7-18-2)13(17)8-12(9-14)19-3/h11-12H,4-10,14H2,1-3H3. The Morgan fingerprint density at radius 3 is 2.68 bits per heavy atom. The molecule has 2 atom stereocenters. The van der Waals surface area contributed by atoms with Crippen molar-refractivity contribution in [3.8, 4) is 0 Å². The molecule has 1 aliphatic heterocycles. The molecule has 1 aliphatic rings. The van der Waals surface area contributed by atoms with E-state index in [-0.39, 0.29) is 12.0 Å². The zero-order valence-electron chi connectivity index (χ0n) is 12.3. The average molecular weight is 273 g/mol. The van der Waals surface area contributed by atoms with Crippen LogP contribution >= 0.6 is 0 Å². The van der Waals surface area contributed by atoms with E-state index in [1.165, 1.54) is 0 Å². The molecular weight excluding hydrogens is 246 g/mol. The Bertz CT molecular complexity index is 272. The van der Waals surface area contributed by atoms with Gasteiger partial charge in [-0.2, -0.15) is 0 Å². The van der Waals surface area contributed by atoms with Crippen molar-refractivity contribution in [2.75, 3.05) is 53.6 Å². The van der Waals surface area contributed by atoms with Crippen molar-refractivity contribution in [1.82, 2.24) is 9.80 Å². The summed E-state index contributed by atoms with van der Waals surface area (Å²) in [5, 5.41) is 0. The van der Waals surface area contributed by atoms with Gasteiger partial charge in [-0.3, -0.25) is 9.69 Å². The lowest BCUT2D eigenvalue weighted by Gasteiger charge is -2.40. The largest absolute Gasteiger partial charge is 0.383 e. The molecule has 1 rings (SSSR count). The Morgan fingerprint density at radius 1 is 1.42 bits per heavy atom. The minimum atomic E-state index is -0.172. The van der Waals surface area contributed by atoms with Crippen LogP contribution in [0.2, 0.25) is 0 Å². The highest BCUT2D eigenvalue weighted by atomic mass is 16.5. The zero-order chi connectivity index (χ0) is 14.3. The van der Waals surface area contributed by atoms with Crippen LogP contribution in [0.4, 0.5) is 0 Å². The molecule has 1 saturated heterocycles. The minimum Gasteiger partial charge on any atom is -0.383 e. The molecule has 0 radical (unpaired) electrons. The van der Waals surface area contributed by atoms with E-state index >= 15 is 0 Å². The predicted octanol–water partition coefficient (Wildman–Crippen LogP) is -0.471. The van der Waals surface area contributed by atoms with Crippen LogP contribution in [0.1, 0.15) is 13.3 Å². The van der Waals surface area contributed by atoms with Gasteiger partial charge in [-0.15, -0.1) is 0 Å². The highest BCUT2D eigenvalue weighted by Gasteiger charge is 2.27. The topological polar surface area (TPSA) is 68.0 Å². The molecule has 0 aliphatic carbocycles. The molecule has 2 N–H and O–H groups in total. The van der Waals surface area contributed by atoms with Gasteiger partial charge >= 0.3 is 0 Å². The van der Waals surface area contributed by atoms with Crippen LogP contribution in [0.25, 0.3) is 0 Å². The number of carbonyl (C=O) groups excluding carboxylic acids is 1. The number of methoxy groups -OCH3 is 2. The van der Waals surface area contributed by atoms with Gasteiger partial charge in [0.25, 0.3) is 0 Å². The molecular formula is C13H27N3O3. The van der Waals surface area contributed by atoms with Gasteiger partial charge in [0.1, 0.15) is 0 Å². The van der Waals surface area contributed by atoms with Crippen LogP contribution in [0.15, 0.2) is 0 Å². The first-order valence-corrected chi connectivity index (χ1v) is 6.86. The van der Waals surface area contributed by atoms with E-state index in [1.807, 2.05) is 4.90 Å². The van der Waals surface area contributed by atoms with E-state index < -0.39 is 0 Å². The Morgan fingerprint density at radius 2 is 2.16 bits per heavy atom. The normalized spacial score (nSPS) is 22.5. The summed E-state index contributed by atoms with van der Waals surface area (Å²) in [5.74, 6) is 0.135. The second kappa shape index (κ2) is 8.47. The van der Waals surface area contributed by atoms with Crippen molar-refractivity contribution in [3.63, 3.8) is 0 Å². The summed E-state index contributed by atoms with van der Waals surface area (Å²) in [6, 6.07) is 0.367. The first-order valence-electron chi connectivity index (χ1n) is 6.86. The Kier molecular flexibility index (Phi) is 7.30. The van der Waals surface area contributed by atoms with Gasteiger partial charge in [-0.25, -0.2) is 0 Å². The Hall–Kier alpha value is -0.690. The van der Waals surface area contributed by atoms with Crippen LogP contribution in [0.5, 0.6) is 0 Å². The SMILES string of the molecule is COCCN1CCN(C(=O)CC(CN)OC)CC1C. The lowest BCUT2D eigenvalue weighted by molar-refractivity contribution is -0.136. The summed E-state index contributed by atoms with van der Waals surface area (Å²) < 4.78 is 10.3. The van der Waals surface area contributed by atoms with E-state index in [1.54, 1.807) is 14.2 Å². The molecule has 112 valence electrons. The van der Waals surface area contributed by atoms with Crippen LogP contribution in [0.3, 0.4) is 0 Å². The first kappa shape index (κ1) is 16.4. The summed E-state index contributed by atoms with van der Waals surface area (Å²) in [7, 11) is 3.30. The third-order valence-corrected chi connectivity index (χ3v) is 3.70. The lowest BCUT2D eigenvalue weighted by Crippen LogP contribution is -2.54. The molecule has 1 heterocycles. The van der Waals surface area contributed by atoms with Crippen molar-refractivity contribution < 1.29 is 14.3 Å². The second-order valence-electron chi connectivity index (χ2n) is 5.02. The molecule has 6 nitrogen and oxygen atoms in total. The summed E-state index contributed by atoms with van der Waals surface area (Å²) >= 11 is 0. The van der Waals surface area contributed by atoms with Crippen LogP contribution < -0.4 is 5.73 Å².